The first kappa shape index (κ1) is 9.32. The van der Waals surface area contributed by atoms with Gasteiger partial charge in [-0.3, -0.25) is 0 Å². The lowest BCUT2D eigenvalue weighted by molar-refractivity contribution is 0.322. The Morgan fingerprint density at radius 3 is 2.54 bits per heavy atom. The van der Waals surface area contributed by atoms with E-state index in [4.69, 9.17) is 9.94 Å². The van der Waals surface area contributed by atoms with Crippen molar-refractivity contribution in [2.75, 3.05) is 7.11 Å². The van der Waals surface area contributed by atoms with Crippen molar-refractivity contribution < 1.29 is 9.94 Å². The van der Waals surface area contributed by atoms with Gasteiger partial charge in [-0.1, -0.05) is 23.4 Å². The molecule has 0 heterocycles. The van der Waals surface area contributed by atoms with Crippen molar-refractivity contribution in [3.63, 3.8) is 0 Å². The summed E-state index contributed by atoms with van der Waals surface area (Å²) in [7, 11) is 1.63. The molecule has 0 aliphatic carbocycles. The SMILES string of the molecule is COc1ccc(C=CC=NO)cc1. The molecule has 0 saturated heterocycles. The van der Waals surface area contributed by atoms with Gasteiger partial charge in [-0.25, -0.2) is 0 Å². The number of benzene rings is 1. The lowest BCUT2D eigenvalue weighted by Gasteiger charge is -1.98. The molecule has 68 valence electrons. The highest BCUT2D eigenvalue weighted by Gasteiger charge is 1.88. The van der Waals surface area contributed by atoms with Crippen LogP contribution >= 0.6 is 0 Å². The van der Waals surface area contributed by atoms with Crippen LogP contribution in [0.2, 0.25) is 0 Å². The van der Waals surface area contributed by atoms with E-state index in [-0.39, 0.29) is 0 Å². The van der Waals surface area contributed by atoms with Gasteiger partial charge in [0.1, 0.15) is 5.75 Å². The molecule has 0 radical (unpaired) electrons. The van der Waals surface area contributed by atoms with Crippen molar-refractivity contribution in [2.45, 2.75) is 0 Å². The molecule has 0 amide bonds. The van der Waals surface area contributed by atoms with Crippen LogP contribution in [-0.4, -0.2) is 18.5 Å². The van der Waals surface area contributed by atoms with E-state index in [9.17, 15) is 0 Å². The van der Waals surface area contributed by atoms with E-state index in [0.29, 0.717) is 0 Å². The average molecular weight is 177 g/mol. The number of hydrogen-bond acceptors (Lipinski definition) is 3. The number of nitrogens with zero attached hydrogens (tertiary/aromatic N) is 1. The van der Waals surface area contributed by atoms with Crippen LogP contribution in [0.1, 0.15) is 5.56 Å². The van der Waals surface area contributed by atoms with Crippen LogP contribution in [0, 0.1) is 0 Å². The Balaban J connectivity index is 2.69. The van der Waals surface area contributed by atoms with E-state index in [2.05, 4.69) is 5.16 Å². The second kappa shape index (κ2) is 4.98. The Morgan fingerprint density at radius 2 is 2.00 bits per heavy atom. The first-order valence-electron chi connectivity index (χ1n) is 3.85. The molecule has 0 atom stereocenters. The number of rotatable bonds is 3. The minimum absolute atomic E-state index is 0.827. The summed E-state index contributed by atoms with van der Waals surface area (Å²) < 4.78 is 5.00. The van der Waals surface area contributed by atoms with Gasteiger partial charge in [0, 0.05) is 0 Å². The Hall–Kier alpha value is -1.77. The normalized spacial score (nSPS) is 11.2. The Morgan fingerprint density at radius 1 is 1.31 bits per heavy atom. The van der Waals surface area contributed by atoms with E-state index >= 15 is 0 Å². The molecular formula is C10H11NO2. The van der Waals surface area contributed by atoms with Gasteiger partial charge in [-0.2, -0.15) is 0 Å². The fraction of sp³-hybridized carbons (Fsp3) is 0.100. The van der Waals surface area contributed by atoms with Crippen molar-refractivity contribution in [2.24, 2.45) is 5.16 Å². The van der Waals surface area contributed by atoms with Crippen LogP contribution in [0.5, 0.6) is 5.75 Å². The molecule has 13 heavy (non-hydrogen) atoms. The Kier molecular flexibility index (Phi) is 3.57. The van der Waals surface area contributed by atoms with Gasteiger partial charge in [-0.05, 0) is 23.8 Å². The topological polar surface area (TPSA) is 41.8 Å². The molecule has 0 fully saturated rings. The van der Waals surface area contributed by atoms with Crippen molar-refractivity contribution in [1.29, 1.82) is 0 Å². The molecule has 1 N–H and O–H groups in total. The van der Waals surface area contributed by atoms with Crippen molar-refractivity contribution in [1.82, 2.24) is 0 Å². The fourth-order valence-corrected chi connectivity index (χ4v) is 0.908. The maximum absolute atomic E-state index is 8.12. The van der Waals surface area contributed by atoms with Crippen molar-refractivity contribution >= 4 is 12.3 Å². The zero-order valence-electron chi connectivity index (χ0n) is 7.34. The fourth-order valence-electron chi connectivity index (χ4n) is 0.908. The van der Waals surface area contributed by atoms with Crippen molar-refractivity contribution in [3.05, 3.63) is 35.9 Å². The van der Waals surface area contributed by atoms with E-state index in [1.165, 1.54) is 6.21 Å². The maximum atomic E-state index is 8.12. The number of ether oxygens (including phenoxy) is 1. The summed E-state index contributed by atoms with van der Waals surface area (Å²) in [5, 5.41) is 11.0. The standard InChI is InChI=1S/C10H11NO2/c1-13-10-6-4-9(5-7-10)3-2-8-11-12/h2-8,12H,1H3. The van der Waals surface area contributed by atoms with E-state index in [1.54, 1.807) is 13.2 Å². The minimum atomic E-state index is 0.827. The second-order valence-corrected chi connectivity index (χ2v) is 2.40. The maximum Gasteiger partial charge on any atom is 0.118 e. The van der Waals surface area contributed by atoms with Gasteiger partial charge in [0.15, 0.2) is 0 Å². The Bertz CT molecular complexity index is 301. The number of allylic oxidation sites excluding steroid dienone is 1. The van der Waals surface area contributed by atoms with Gasteiger partial charge in [0.2, 0.25) is 0 Å². The van der Waals surface area contributed by atoms with Gasteiger partial charge >= 0.3 is 0 Å². The predicted molar refractivity (Wildman–Crippen MR) is 52.3 cm³/mol. The predicted octanol–water partition coefficient (Wildman–Crippen LogP) is 2.17. The lowest BCUT2D eigenvalue weighted by atomic mass is 10.2. The third kappa shape index (κ3) is 2.99. The largest absolute Gasteiger partial charge is 0.497 e. The molecule has 0 aliphatic heterocycles. The lowest BCUT2D eigenvalue weighted by Crippen LogP contribution is -1.81. The van der Waals surface area contributed by atoms with Crippen LogP contribution < -0.4 is 4.74 Å². The van der Waals surface area contributed by atoms with E-state index in [1.807, 2.05) is 30.3 Å². The summed E-state index contributed by atoms with van der Waals surface area (Å²) in [6.07, 6.45) is 4.80. The molecule has 1 aromatic rings. The van der Waals surface area contributed by atoms with Gasteiger partial charge < -0.3 is 9.94 Å². The van der Waals surface area contributed by atoms with Crippen LogP contribution in [0.3, 0.4) is 0 Å². The Labute approximate surface area is 77.0 Å². The molecule has 0 unspecified atom stereocenters. The van der Waals surface area contributed by atoms with Gasteiger partial charge in [-0.15, -0.1) is 0 Å². The summed E-state index contributed by atoms with van der Waals surface area (Å²) in [6, 6.07) is 7.58. The van der Waals surface area contributed by atoms with Gasteiger partial charge in [0.25, 0.3) is 0 Å². The highest BCUT2D eigenvalue weighted by atomic mass is 16.5. The summed E-state index contributed by atoms with van der Waals surface area (Å²) in [5.41, 5.74) is 1.03. The van der Waals surface area contributed by atoms with Crippen LogP contribution in [-0.2, 0) is 0 Å². The molecule has 1 aromatic carbocycles. The van der Waals surface area contributed by atoms with E-state index < -0.39 is 0 Å². The third-order valence-corrected chi connectivity index (χ3v) is 1.56. The summed E-state index contributed by atoms with van der Waals surface area (Å²) in [6.45, 7) is 0. The molecule has 0 aliphatic rings. The molecular weight excluding hydrogens is 166 g/mol. The first-order chi connectivity index (χ1) is 6.36. The zero-order chi connectivity index (χ0) is 9.52. The highest BCUT2D eigenvalue weighted by Crippen LogP contribution is 2.11. The molecule has 0 bridgehead atoms. The van der Waals surface area contributed by atoms with Crippen LogP contribution in [0.25, 0.3) is 6.08 Å². The van der Waals surface area contributed by atoms with Crippen LogP contribution in [0.4, 0.5) is 0 Å². The number of hydrogen-bond donors (Lipinski definition) is 1. The zero-order valence-corrected chi connectivity index (χ0v) is 7.34. The highest BCUT2D eigenvalue weighted by molar-refractivity contribution is 5.77. The molecule has 0 saturated carbocycles. The molecule has 1 rings (SSSR count). The summed E-state index contributed by atoms with van der Waals surface area (Å²) in [4.78, 5) is 0. The van der Waals surface area contributed by atoms with Gasteiger partial charge in [0.05, 0.1) is 13.3 Å². The third-order valence-electron chi connectivity index (χ3n) is 1.56. The number of methoxy groups -OCH3 is 1. The smallest absolute Gasteiger partial charge is 0.118 e. The molecule has 0 aromatic heterocycles. The second-order valence-electron chi connectivity index (χ2n) is 2.40. The molecule has 0 spiro atoms. The average Bonchev–Trinajstić information content (AvgIpc) is 2.19. The van der Waals surface area contributed by atoms with Crippen molar-refractivity contribution in [3.8, 4) is 5.75 Å². The number of oxime groups is 1. The summed E-state index contributed by atoms with van der Waals surface area (Å²) in [5.74, 6) is 0.827. The minimum Gasteiger partial charge on any atom is -0.497 e. The monoisotopic (exact) mass is 177 g/mol. The summed E-state index contributed by atoms with van der Waals surface area (Å²) >= 11 is 0. The molecule has 3 heteroatoms. The quantitative estimate of drug-likeness (QED) is 0.436. The van der Waals surface area contributed by atoms with Crippen LogP contribution in [0.15, 0.2) is 35.5 Å². The molecule has 3 nitrogen and oxygen atoms in total. The first-order valence-corrected chi connectivity index (χ1v) is 3.85. The van der Waals surface area contributed by atoms with E-state index in [0.717, 1.165) is 11.3 Å².